The second-order valence-corrected chi connectivity index (χ2v) is 3.92. The monoisotopic (exact) mass is 332 g/mol. The topological polar surface area (TPSA) is 26.3 Å². The maximum atomic E-state index is 11.1. The van der Waals surface area contributed by atoms with Crippen LogP contribution in [0.4, 0.5) is 0 Å². The number of rotatable bonds is 5. The van der Waals surface area contributed by atoms with Crippen LogP contribution in [-0.4, -0.2) is 12.6 Å². The number of carbonyl (C=O) groups excluding carboxylic acids is 1. The molecule has 0 saturated heterocycles. The van der Waals surface area contributed by atoms with Crippen molar-refractivity contribution in [1.82, 2.24) is 0 Å². The summed E-state index contributed by atoms with van der Waals surface area (Å²) < 4.78 is 6.76. The maximum Gasteiger partial charge on any atom is 0.330 e. The van der Waals surface area contributed by atoms with Crippen molar-refractivity contribution >= 4 is 28.6 Å². The average Bonchev–Trinajstić information content (AvgIpc) is 2.18. The zero-order valence-corrected chi connectivity index (χ0v) is 12.0. The first-order valence-electron chi connectivity index (χ1n) is 5.07. The second-order valence-electron chi connectivity index (χ2n) is 3.20. The molecular formula is C13H17IO2. The number of esters is 1. The van der Waals surface area contributed by atoms with Gasteiger partial charge in [-0.2, -0.15) is 0 Å². The van der Waals surface area contributed by atoms with Crippen LogP contribution in [-0.2, 0) is 9.53 Å². The largest absolute Gasteiger partial charge is 0.463 e. The van der Waals surface area contributed by atoms with Gasteiger partial charge in [0.15, 0.2) is 0 Å². The van der Waals surface area contributed by atoms with Gasteiger partial charge in [-0.3, -0.25) is 0 Å². The van der Waals surface area contributed by atoms with Crippen molar-refractivity contribution in [3.05, 3.63) is 45.6 Å². The number of hydrogen-bond donors (Lipinski definition) is 0. The van der Waals surface area contributed by atoms with Crippen molar-refractivity contribution in [2.75, 3.05) is 6.61 Å². The Morgan fingerprint density at radius 3 is 2.50 bits per heavy atom. The van der Waals surface area contributed by atoms with Crippen LogP contribution in [0, 0.1) is 0 Å². The highest BCUT2D eigenvalue weighted by Crippen LogP contribution is 2.01. The van der Waals surface area contributed by atoms with Crippen LogP contribution in [0.5, 0.6) is 0 Å². The summed E-state index contributed by atoms with van der Waals surface area (Å²) in [5.74, 6) is -0.294. The van der Waals surface area contributed by atoms with E-state index in [1.54, 1.807) is 6.92 Å². The van der Waals surface area contributed by atoms with Crippen LogP contribution < -0.4 is 0 Å². The standard InChI is InChI=1S/C13H17IO2/c1-4-16-13(15)10-12(3)7-5-6-11(2)8-9-14/h5-10H,4H2,1-3H3/b7-5+,9-8-,11-6+,12-10+. The van der Waals surface area contributed by atoms with Gasteiger partial charge in [-0.15, -0.1) is 0 Å². The van der Waals surface area contributed by atoms with Crippen molar-refractivity contribution in [1.29, 1.82) is 0 Å². The van der Waals surface area contributed by atoms with E-state index in [2.05, 4.69) is 22.6 Å². The summed E-state index contributed by atoms with van der Waals surface area (Å²) in [5.41, 5.74) is 2.04. The van der Waals surface area contributed by atoms with E-state index >= 15 is 0 Å². The van der Waals surface area contributed by atoms with Crippen molar-refractivity contribution in [2.24, 2.45) is 0 Å². The fraction of sp³-hybridized carbons (Fsp3) is 0.308. The van der Waals surface area contributed by atoms with E-state index in [1.807, 2.05) is 42.2 Å². The second kappa shape index (κ2) is 9.39. The SMILES string of the molecule is CCOC(=O)/C=C(C)/C=C/C=C(C)/C=C\I. The molecule has 88 valence electrons. The van der Waals surface area contributed by atoms with E-state index in [0.29, 0.717) is 6.61 Å². The predicted molar refractivity (Wildman–Crippen MR) is 76.4 cm³/mol. The highest BCUT2D eigenvalue weighted by atomic mass is 127. The molecule has 0 aliphatic rings. The van der Waals surface area contributed by atoms with Gasteiger partial charge in [-0.1, -0.05) is 52.5 Å². The minimum absolute atomic E-state index is 0.294. The highest BCUT2D eigenvalue weighted by Gasteiger charge is 1.94. The van der Waals surface area contributed by atoms with Crippen LogP contribution >= 0.6 is 22.6 Å². The lowest BCUT2D eigenvalue weighted by atomic mass is 10.2. The molecule has 0 amide bonds. The van der Waals surface area contributed by atoms with Crippen molar-refractivity contribution < 1.29 is 9.53 Å². The Morgan fingerprint density at radius 1 is 1.25 bits per heavy atom. The van der Waals surface area contributed by atoms with Crippen LogP contribution in [0.15, 0.2) is 45.6 Å². The molecule has 0 aromatic rings. The molecule has 16 heavy (non-hydrogen) atoms. The molecule has 0 spiro atoms. The van der Waals surface area contributed by atoms with E-state index in [-0.39, 0.29) is 5.97 Å². The Balaban J connectivity index is 4.33. The van der Waals surface area contributed by atoms with Crippen LogP contribution in [0.3, 0.4) is 0 Å². The Kier molecular flexibility index (Phi) is 8.90. The van der Waals surface area contributed by atoms with Gasteiger partial charge in [0.2, 0.25) is 0 Å². The van der Waals surface area contributed by atoms with E-state index in [1.165, 1.54) is 6.08 Å². The third-order valence-electron chi connectivity index (χ3n) is 1.68. The lowest BCUT2D eigenvalue weighted by molar-refractivity contribution is -0.137. The summed E-state index contributed by atoms with van der Waals surface area (Å²) in [6.07, 6.45) is 9.27. The quantitative estimate of drug-likeness (QED) is 0.330. The molecule has 0 aromatic heterocycles. The molecule has 0 radical (unpaired) electrons. The average molecular weight is 332 g/mol. The van der Waals surface area contributed by atoms with Gasteiger partial charge in [0.05, 0.1) is 6.61 Å². The lowest BCUT2D eigenvalue weighted by Gasteiger charge is -1.95. The van der Waals surface area contributed by atoms with Gasteiger partial charge in [0, 0.05) is 6.08 Å². The lowest BCUT2D eigenvalue weighted by Crippen LogP contribution is -1.99. The van der Waals surface area contributed by atoms with Crippen LogP contribution in [0.1, 0.15) is 20.8 Å². The van der Waals surface area contributed by atoms with Gasteiger partial charge < -0.3 is 4.74 Å². The summed E-state index contributed by atoms with van der Waals surface area (Å²) in [5, 5.41) is 0. The number of halogens is 1. The summed E-state index contributed by atoms with van der Waals surface area (Å²) in [7, 11) is 0. The van der Waals surface area contributed by atoms with Crippen LogP contribution in [0.25, 0.3) is 0 Å². The molecule has 0 bridgehead atoms. The molecule has 0 unspecified atom stereocenters. The Labute approximate surface area is 111 Å². The van der Waals surface area contributed by atoms with Gasteiger partial charge in [-0.25, -0.2) is 4.79 Å². The smallest absolute Gasteiger partial charge is 0.330 e. The van der Waals surface area contributed by atoms with E-state index in [9.17, 15) is 4.79 Å². The fourth-order valence-corrected chi connectivity index (χ4v) is 1.49. The van der Waals surface area contributed by atoms with Gasteiger partial charge in [-0.05, 0) is 30.4 Å². The minimum Gasteiger partial charge on any atom is -0.463 e. The van der Waals surface area contributed by atoms with Gasteiger partial charge in [0.25, 0.3) is 0 Å². The molecule has 0 aliphatic heterocycles. The molecule has 0 atom stereocenters. The normalized spacial score (nSPS) is 13.8. The molecule has 0 saturated carbocycles. The van der Waals surface area contributed by atoms with E-state index in [4.69, 9.17) is 4.74 Å². The molecule has 2 nitrogen and oxygen atoms in total. The first-order chi connectivity index (χ1) is 7.60. The first-order valence-corrected chi connectivity index (χ1v) is 6.31. The predicted octanol–water partition coefficient (Wildman–Crippen LogP) is 3.95. The number of hydrogen-bond acceptors (Lipinski definition) is 2. The Morgan fingerprint density at radius 2 is 1.94 bits per heavy atom. The minimum atomic E-state index is -0.294. The summed E-state index contributed by atoms with van der Waals surface area (Å²) in [4.78, 5) is 11.1. The highest BCUT2D eigenvalue weighted by molar-refractivity contribution is 14.1. The fourth-order valence-electron chi connectivity index (χ4n) is 0.925. The molecular weight excluding hydrogens is 315 g/mol. The third-order valence-corrected chi connectivity index (χ3v) is 2.04. The molecule has 0 N–H and O–H groups in total. The molecule has 3 heteroatoms. The van der Waals surface area contributed by atoms with Crippen molar-refractivity contribution in [3.63, 3.8) is 0 Å². The van der Waals surface area contributed by atoms with Crippen LogP contribution in [0.2, 0.25) is 0 Å². The number of allylic oxidation sites excluding steroid dienone is 6. The molecule has 0 aromatic carbocycles. The summed E-state index contributed by atoms with van der Waals surface area (Å²) in [6.45, 7) is 6.08. The molecule has 0 rings (SSSR count). The Bertz CT molecular complexity index is 336. The first kappa shape index (κ1) is 15.2. The van der Waals surface area contributed by atoms with E-state index < -0.39 is 0 Å². The maximum absolute atomic E-state index is 11.1. The molecule has 0 aliphatic carbocycles. The Hall–Kier alpha value is -0.840. The van der Waals surface area contributed by atoms with Crippen molar-refractivity contribution in [3.8, 4) is 0 Å². The zero-order chi connectivity index (χ0) is 12.4. The van der Waals surface area contributed by atoms with Gasteiger partial charge in [0.1, 0.15) is 0 Å². The van der Waals surface area contributed by atoms with Gasteiger partial charge >= 0.3 is 5.97 Å². The molecule has 0 fully saturated rings. The summed E-state index contributed by atoms with van der Waals surface area (Å²) >= 11 is 2.17. The van der Waals surface area contributed by atoms with Crippen molar-refractivity contribution in [2.45, 2.75) is 20.8 Å². The number of ether oxygens (including phenoxy) is 1. The van der Waals surface area contributed by atoms with E-state index in [0.717, 1.165) is 11.1 Å². The third kappa shape index (κ3) is 8.47. The zero-order valence-electron chi connectivity index (χ0n) is 9.87. The number of carbonyl (C=O) groups is 1. The molecule has 0 heterocycles. The summed E-state index contributed by atoms with van der Waals surface area (Å²) in [6, 6.07) is 0.